The summed E-state index contributed by atoms with van der Waals surface area (Å²) < 4.78 is 2.08. The number of Topliss-reactive ketones (excluding diaryl/α,β-unsaturated/α-hetero) is 1. The summed E-state index contributed by atoms with van der Waals surface area (Å²) in [4.78, 5) is 15.3. The lowest BCUT2D eigenvalue weighted by atomic mass is 9.93. The molecule has 0 spiro atoms. The summed E-state index contributed by atoms with van der Waals surface area (Å²) in [7, 11) is 0. The number of nitrogens with zero attached hydrogens (tertiary/aromatic N) is 2. The lowest BCUT2D eigenvalue weighted by Crippen LogP contribution is -2.19. The number of rotatable bonds is 1. The van der Waals surface area contributed by atoms with Crippen LogP contribution >= 0.6 is 0 Å². The van der Waals surface area contributed by atoms with Crippen molar-refractivity contribution in [3.8, 4) is 0 Å². The Labute approximate surface area is 71.4 Å². The maximum absolute atomic E-state index is 11.2. The van der Waals surface area contributed by atoms with E-state index in [1.165, 1.54) is 0 Å². The molecular formula is C9H12N2O. The van der Waals surface area contributed by atoms with Crippen LogP contribution < -0.4 is 0 Å². The van der Waals surface area contributed by atoms with Gasteiger partial charge in [-0.25, -0.2) is 4.98 Å². The highest BCUT2D eigenvalue weighted by molar-refractivity contribution is 5.82. The molecule has 0 bridgehead atoms. The van der Waals surface area contributed by atoms with Gasteiger partial charge in [-0.05, 0) is 19.8 Å². The molecule has 0 aliphatic carbocycles. The number of ketones is 1. The minimum Gasteiger partial charge on any atom is -0.334 e. The standard InChI is InChI=1S/C9H12N2O/c1-7(12)8-3-2-4-11-6-10-5-9(8)11/h5-6,8H,2-4H2,1H3. The van der Waals surface area contributed by atoms with Crippen LogP contribution in [0.4, 0.5) is 0 Å². The van der Waals surface area contributed by atoms with Crippen molar-refractivity contribution in [3.63, 3.8) is 0 Å². The fraction of sp³-hybridized carbons (Fsp3) is 0.556. The third-order valence-electron chi connectivity index (χ3n) is 2.48. The molecule has 1 unspecified atom stereocenters. The zero-order valence-corrected chi connectivity index (χ0v) is 7.16. The predicted octanol–water partition coefficient (Wildman–Crippen LogP) is 1.35. The van der Waals surface area contributed by atoms with Gasteiger partial charge in [-0.2, -0.15) is 0 Å². The molecule has 1 aliphatic rings. The summed E-state index contributed by atoms with van der Waals surface area (Å²) in [5, 5.41) is 0. The number of hydrogen-bond donors (Lipinski definition) is 0. The fourth-order valence-electron chi connectivity index (χ4n) is 1.83. The minimum absolute atomic E-state index is 0.0984. The first-order valence-corrected chi connectivity index (χ1v) is 4.29. The van der Waals surface area contributed by atoms with Crippen molar-refractivity contribution in [2.75, 3.05) is 0 Å². The topological polar surface area (TPSA) is 34.9 Å². The van der Waals surface area contributed by atoms with Crippen molar-refractivity contribution in [2.24, 2.45) is 0 Å². The molecule has 1 atom stereocenters. The van der Waals surface area contributed by atoms with Gasteiger partial charge in [0.2, 0.25) is 0 Å². The van der Waals surface area contributed by atoms with Crippen molar-refractivity contribution in [3.05, 3.63) is 18.2 Å². The van der Waals surface area contributed by atoms with Gasteiger partial charge in [0.25, 0.3) is 0 Å². The maximum Gasteiger partial charge on any atom is 0.138 e. The molecule has 0 saturated heterocycles. The number of carbonyl (C=O) groups is 1. The predicted molar refractivity (Wildman–Crippen MR) is 44.9 cm³/mol. The molecule has 1 aliphatic heterocycles. The van der Waals surface area contributed by atoms with Crippen LogP contribution in [0, 0.1) is 0 Å². The molecule has 0 fully saturated rings. The first kappa shape index (κ1) is 7.53. The molecule has 0 amide bonds. The second kappa shape index (κ2) is 2.73. The fourth-order valence-corrected chi connectivity index (χ4v) is 1.83. The third-order valence-corrected chi connectivity index (χ3v) is 2.48. The summed E-state index contributed by atoms with van der Waals surface area (Å²) in [5.41, 5.74) is 1.09. The van der Waals surface area contributed by atoms with Crippen LogP contribution in [0.25, 0.3) is 0 Å². The second-order valence-electron chi connectivity index (χ2n) is 3.32. The molecule has 0 radical (unpaired) electrons. The zero-order valence-electron chi connectivity index (χ0n) is 7.16. The molecule has 1 aromatic rings. The molecule has 3 heteroatoms. The Morgan fingerprint density at radius 3 is 3.33 bits per heavy atom. The Kier molecular flexibility index (Phi) is 1.71. The highest BCUT2D eigenvalue weighted by Crippen LogP contribution is 2.26. The van der Waals surface area contributed by atoms with Gasteiger partial charge in [-0.1, -0.05) is 0 Å². The average Bonchev–Trinajstić information content (AvgIpc) is 2.49. The molecule has 0 N–H and O–H groups in total. The molecule has 2 rings (SSSR count). The highest BCUT2D eigenvalue weighted by atomic mass is 16.1. The summed E-state index contributed by atoms with van der Waals surface area (Å²) in [5.74, 6) is 0.359. The lowest BCUT2D eigenvalue weighted by molar-refractivity contribution is -0.118. The van der Waals surface area contributed by atoms with Crippen LogP contribution in [0.15, 0.2) is 12.5 Å². The molecule has 12 heavy (non-hydrogen) atoms. The van der Waals surface area contributed by atoms with E-state index in [9.17, 15) is 4.79 Å². The molecule has 1 aromatic heterocycles. The van der Waals surface area contributed by atoms with Gasteiger partial charge in [0.15, 0.2) is 0 Å². The van der Waals surface area contributed by atoms with Crippen molar-refractivity contribution < 1.29 is 4.79 Å². The zero-order chi connectivity index (χ0) is 8.55. The van der Waals surface area contributed by atoms with E-state index in [0.717, 1.165) is 25.1 Å². The molecule has 3 nitrogen and oxygen atoms in total. The van der Waals surface area contributed by atoms with E-state index in [4.69, 9.17) is 0 Å². The first-order chi connectivity index (χ1) is 5.79. The van der Waals surface area contributed by atoms with Crippen molar-refractivity contribution in [1.29, 1.82) is 0 Å². The van der Waals surface area contributed by atoms with E-state index in [0.29, 0.717) is 0 Å². The highest BCUT2D eigenvalue weighted by Gasteiger charge is 2.23. The van der Waals surface area contributed by atoms with Gasteiger partial charge in [-0.3, -0.25) is 4.79 Å². The lowest BCUT2D eigenvalue weighted by Gasteiger charge is -2.21. The van der Waals surface area contributed by atoms with Gasteiger partial charge >= 0.3 is 0 Å². The Hall–Kier alpha value is -1.12. The monoisotopic (exact) mass is 164 g/mol. The van der Waals surface area contributed by atoms with Crippen LogP contribution in [-0.2, 0) is 11.3 Å². The van der Waals surface area contributed by atoms with E-state index in [1.54, 1.807) is 6.92 Å². The van der Waals surface area contributed by atoms with Crippen LogP contribution in [0.3, 0.4) is 0 Å². The molecule has 0 aromatic carbocycles. The summed E-state index contributed by atoms with van der Waals surface area (Å²) in [6.07, 6.45) is 5.70. The van der Waals surface area contributed by atoms with E-state index in [-0.39, 0.29) is 11.7 Å². The molecule has 64 valence electrons. The quantitative estimate of drug-likeness (QED) is 0.628. The second-order valence-corrected chi connectivity index (χ2v) is 3.32. The van der Waals surface area contributed by atoms with Crippen LogP contribution in [0.1, 0.15) is 31.4 Å². The molecule has 2 heterocycles. The van der Waals surface area contributed by atoms with Crippen LogP contribution in [0.2, 0.25) is 0 Å². The number of aromatic nitrogens is 2. The SMILES string of the molecule is CC(=O)C1CCCn2cncc21. The third kappa shape index (κ3) is 1.05. The molecule has 0 saturated carbocycles. The van der Waals surface area contributed by atoms with Gasteiger partial charge in [-0.15, -0.1) is 0 Å². The van der Waals surface area contributed by atoms with Gasteiger partial charge < -0.3 is 4.57 Å². The number of fused-ring (bicyclic) bond motifs is 1. The van der Waals surface area contributed by atoms with Gasteiger partial charge in [0, 0.05) is 18.4 Å². The van der Waals surface area contributed by atoms with Crippen LogP contribution in [0.5, 0.6) is 0 Å². The number of imidazole rings is 1. The maximum atomic E-state index is 11.2. The number of aryl methyl sites for hydroxylation is 1. The Morgan fingerprint density at radius 1 is 1.75 bits per heavy atom. The average molecular weight is 164 g/mol. The number of carbonyl (C=O) groups excluding carboxylic acids is 1. The Bertz CT molecular complexity index is 303. The Morgan fingerprint density at radius 2 is 2.58 bits per heavy atom. The summed E-state index contributed by atoms with van der Waals surface area (Å²) in [6, 6.07) is 0. The van der Waals surface area contributed by atoms with E-state index >= 15 is 0 Å². The van der Waals surface area contributed by atoms with Crippen molar-refractivity contribution in [1.82, 2.24) is 9.55 Å². The summed E-state index contributed by atoms with van der Waals surface area (Å²) in [6.45, 7) is 2.67. The molecular weight excluding hydrogens is 152 g/mol. The smallest absolute Gasteiger partial charge is 0.138 e. The van der Waals surface area contributed by atoms with Gasteiger partial charge in [0.1, 0.15) is 5.78 Å². The van der Waals surface area contributed by atoms with E-state index in [2.05, 4.69) is 9.55 Å². The van der Waals surface area contributed by atoms with E-state index < -0.39 is 0 Å². The Balaban J connectivity index is 2.37. The van der Waals surface area contributed by atoms with Crippen LogP contribution in [-0.4, -0.2) is 15.3 Å². The van der Waals surface area contributed by atoms with Crippen molar-refractivity contribution in [2.45, 2.75) is 32.2 Å². The van der Waals surface area contributed by atoms with Crippen molar-refractivity contribution >= 4 is 5.78 Å². The number of hydrogen-bond acceptors (Lipinski definition) is 2. The van der Waals surface area contributed by atoms with E-state index in [1.807, 2.05) is 12.5 Å². The normalized spacial score (nSPS) is 21.9. The summed E-state index contributed by atoms with van der Waals surface area (Å²) >= 11 is 0. The first-order valence-electron chi connectivity index (χ1n) is 4.29. The largest absolute Gasteiger partial charge is 0.334 e. The minimum atomic E-state index is 0.0984. The van der Waals surface area contributed by atoms with Gasteiger partial charge in [0.05, 0.1) is 12.2 Å².